The van der Waals surface area contributed by atoms with Gasteiger partial charge in [0, 0.05) is 10.6 Å². The van der Waals surface area contributed by atoms with Gasteiger partial charge in [0.25, 0.3) is 10.1 Å². The van der Waals surface area contributed by atoms with Gasteiger partial charge in [0.15, 0.2) is 0 Å². The number of hydrogen-bond acceptors (Lipinski definition) is 2. The number of halogens is 3. The first-order valence-corrected chi connectivity index (χ1v) is 6.13. The second-order valence-electron chi connectivity index (χ2n) is 2.55. The molecule has 0 aromatic heterocycles. The maximum Gasteiger partial charge on any atom is 0.269 e. The van der Waals surface area contributed by atoms with Crippen LogP contribution in [0.3, 0.4) is 0 Å². The first kappa shape index (κ1) is 12.1. The third kappa shape index (κ3) is 3.00. The van der Waals surface area contributed by atoms with Gasteiger partial charge in [0.2, 0.25) is 0 Å². The Hall–Kier alpha value is -0.000000000000000167. The molecule has 3 nitrogen and oxygen atoms in total. The molecule has 0 aliphatic carbocycles. The van der Waals surface area contributed by atoms with Crippen LogP contribution in [0.1, 0.15) is 5.56 Å². The van der Waals surface area contributed by atoms with E-state index in [0.29, 0.717) is 0 Å². The van der Waals surface area contributed by atoms with Crippen LogP contribution in [0.2, 0.25) is 15.1 Å². The Kier molecular flexibility index (Phi) is 3.66. The molecule has 0 heterocycles. The normalized spacial score (nSPS) is 11.7. The predicted molar refractivity (Wildman–Crippen MR) is 56.7 cm³/mol. The molecule has 0 aliphatic rings. The Labute approximate surface area is 96.3 Å². The summed E-state index contributed by atoms with van der Waals surface area (Å²) < 4.78 is 29.8. The van der Waals surface area contributed by atoms with Crippen molar-refractivity contribution in [2.45, 2.75) is 5.75 Å². The van der Waals surface area contributed by atoms with Crippen LogP contribution in [0.5, 0.6) is 0 Å². The van der Waals surface area contributed by atoms with E-state index in [1.807, 2.05) is 0 Å². The smallest absolute Gasteiger partial charge is 0.269 e. The maximum atomic E-state index is 10.6. The van der Waals surface area contributed by atoms with Crippen molar-refractivity contribution in [3.63, 3.8) is 0 Å². The topological polar surface area (TPSA) is 54.4 Å². The van der Waals surface area contributed by atoms with E-state index >= 15 is 0 Å². The first-order valence-electron chi connectivity index (χ1n) is 3.39. The van der Waals surface area contributed by atoms with Crippen molar-refractivity contribution in [3.05, 3.63) is 32.8 Å². The van der Waals surface area contributed by atoms with Gasteiger partial charge >= 0.3 is 0 Å². The lowest BCUT2D eigenvalue weighted by molar-refractivity contribution is 0.482. The minimum absolute atomic E-state index is 0.0387. The molecule has 1 aromatic rings. The Balaban J connectivity index is 3.27. The fourth-order valence-corrected chi connectivity index (χ4v) is 2.39. The van der Waals surface area contributed by atoms with Gasteiger partial charge in [-0.2, -0.15) is 8.42 Å². The van der Waals surface area contributed by atoms with Crippen molar-refractivity contribution in [3.8, 4) is 0 Å². The van der Waals surface area contributed by atoms with Crippen molar-refractivity contribution in [1.82, 2.24) is 0 Å². The maximum absolute atomic E-state index is 10.6. The minimum atomic E-state index is -4.17. The molecule has 0 fully saturated rings. The van der Waals surface area contributed by atoms with E-state index < -0.39 is 15.9 Å². The molecule has 0 saturated heterocycles. The zero-order valence-corrected chi connectivity index (χ0v) is 9.75. The summed E-state index contributed by atoms with van der Waals surface area (Å²) in [4.78, 5) is 0. The van der Waals surface area contributed by atoms with Crippen molar-refractivity contribution in [2.75, 3.05) is 0 Å². The molecule has 7 heteroatoms. The molecule has 0 amide bonds. The van der Waals surface area contributed by atoms with Crippen LogP contribution in [0.25, 0.3) is 0 Å². The van der Waals surface area contributed by atoms with Gasteiger partial charge in [0.1, 0.15) is 5.75 Å². The van der Waals surface area contributed by atoms with Gasteiger partial charge in [-0.1, -0.05) is 34.8 Å². The van der Waals surface area contributed by atoms with E-state index in [-0.39, 0.29) is 20.6 Å². The van der Waals surface area contributed by atoms with Crippen LogP contribution >= 0.6 is 34.8 Å². The number of rotatable bonds is 2. The summed E-state index contributed by atoms with van der Waals surface area (Å²) in [7, 11) is -4.17. The van der Waals surface area contributed by atoms with Crippen molar-refractivity contribution >= 4 is 44.9 Å². The average Bonchev–Trinajstić information content (AvgIpc) is 2.04. The Morgan fingerprint density at radius 2 is 1.64 bits per heavy atom. The molecule has 0 atom stereocenters. The van der Waals surface area contributed by atoms with Gasteiger partial charge < -0.3 is 0 Å². The van der Waals surface area contributed by atoms with Gasteiger partial charge in [-0.3, -0.25) is 4.55 Å². The van der Waals surface area contributed by atoms with Gasteiger partial charge in [-0.15, -0.1) is 0 Å². The van der Waals surface area contributed by atoms with E-state index in [4.69, 9.17) is 39.4 Å². The zero-order chi connectivity index (χ0) is 10.9. The van der Waals surface area contributed by atoms with E-state index in [1.54, 1.807) is 0 Å². The summed E-state index contributed by atoms with van der Waals surface area (Å²) in [5.74, 6) is -0.648. The van der Waals surface area contributed by atoms with E-state index in [0.717, 1.165) is 0 Å². The fourth-order valence-electron chi connectivity index (χ4n) is 0.884. The van der Waals surface area contributed by atoms with Crippen molar-refractivity contribution in [1.29, 1.82) is 0 Å². The highest BCUT2D eigenvalue weighted by atomic mass is 35.5. The largest absolute Gasteiger partial charge is 0.285 e. The van der Waals surface area contributed by atoms with Gasteiger partial charge in [0.05, 0.1) is 10.0 Å². The second-order valence-corrected chi connectivity index (χ2v) is 5.19. The molecule has 0 bridgehead atoms. The van der Waals surface area contributed by atoms with Crippen LogP contribution in [0.15, 0.2) is 12.1 Å². The van der Waals surface area contributed by atoms with Crippen LogP contribution in [-0.2, 0) is 15.9 Å². The standard InChI is InChI=1S/C7H5Cl3O3S/c8-5-1-2-6(9)7(10)4(5)3-14(11,12)13/h1-2H,3H2,(H,11,12,13). The Morgan fingerprint density at radius 1 is 1.14 bits per heavy atom. The third-order valence-electron chi connectivity index (χ3n) is 1.47. The quantitative estimate of drug-likeness (QED) is 0.667. The summed E-state index contributed by atoms with van der Waals surface area (Å²) in [5.41, 5.74) is 0.100. The summed E-state index contributed by atoms with van der Waals surface area (Å²) >= 11 is 17.0. The van der Waals surface area contributed by atoms with E-state index in [9.17, 15) is 8.42 Å². The van der Waals surface area contributed by atoms with E-state index in [2.05, 4.69) is 0 Å². The SMILES string of the molecule is O=S(=O)(O)Cc1c(Cl)ccc(Cl)c1Cl. The molecule has 1 N–H and O–H groups in total. The summed E-state index contributed by atoms with van der Waals surface area (Å²) in [6, 6.07) is 2.86. The summed E-state index contributed by atoms with van der Waals surface area (Å²) in [6.45, 7) is 0. The monoisotopic (exact) mass is 274 g/mol. The van der Waals surface area contributed by atoms with Crippen LogP contribution in [0, 0.1) is 0 Å². The Morgan fingerprint density at radius 3 is 2.14 bits per heavy atom. The highest BCUT2D eigenvalue weighted by molar-refractivity contribution is 7.85. The average molecular weight is 276 g/mol. The minimum Gasteiger partial charge on any atom is -0.285 e. The summed E-state index contributed by atoms with van der Waals surface area (Å²) in [6.07, 6.45) is 0. The summed E-state index contributed by atoms with van der Waals surface area (Å²) in [5, 5.41) is 0.378. The highest BCUT2D eigenvalue weighted by Crippen LogP contribution is 2.32. The molecular formula is C7H5Cl3O3S. The predicted octanol–water partition coefficient (Wildman–Crippen LogP) is 3.03. The highest BCUT2D eigenvalue weighted by Gasteiger charge is 2.15. The van der Waals surface area contributed by atoms with Crippen LogP contribution in [0.4, 0.5) is 0 Å². The lowest BCUT2D eigenvalue weighted by atomic mass is 10.2. The van der Waals surface area contributed by atoms with E-state index in [1.165, 1.54) is 12.1 Å². The lowest BCUT2D eigenvalue weighted by Gasteiger charge is -2.05. The first-order chi connectivity index (χ1) is 6.31. The van der Waals surface area contributed by atoms with Crippen LogP contribution in [-0.4, -0.2) is 13.0 Å². The molecule has 1 rings (SSSR count). The Bertz CT molecular complexity index is 455. The van der Waals surface area contributed by atoms with Gasteiger partial charge in [-0.25, -0.2) is 0 Å². The fraction of sp³-hybridized carbons (Fsp3) is 0.143. The van der Waals surface area contributed by atoms with Crippen molar-refractivity contribution in [2.24, 2.45) is 0 Å². The third-order valence-corrected chi connectivity index (χ3v) is 3.32. The number of benzene rings is 1. The van der Waals surface area contributed by atoms with Gasteiger partial charge in [-0.05, 0) is 12.1 Å². The second kappa shape index (κ2) is 4.24. The zero-order valence-electron chi connectivity index (χ0n) is 6.67. The lowest BCUT2D eigenvalue weighted by Crippen LogP contribution is -2.03. The molecule has 14 heavy (non-hydrogen) atoms. The van der Waals surface area contributed by atoms with Crippen molar-refractivity contribution < 1.29 is 13.0 Å². The number of hydrogen-bond donors (Lipinski definition) is 1. The molecule has 78 valence electrons. The molecule has 1 aromatic carbocycles. The molecule has 0 spiro atoms. The molecule has 0 radical (unpaired) electrons. The molecule has 0 unspecified atom stereocenters. The molecule has 0 saturated carbocycles. The molecular weight excluding hydrogens is 270 g/mol. The van der Waals surface area contributed by atoms with Crippen LogP contribution < -0.4 is 0 Å². The molecule has 0 aliphatic heterocycles.